The standard InChI is InChI=1S/C17H25F3N4O/c1-24(2)14-10-13(17(18,19)20)22-15(23-14)21-12-6-9-25-16(11-12)7-4-3-5-8-16/h10,12H,3-9,11H2,1-2H3,(H,21,22,23). The number of hydrogen-bond donors (Lipinski definition) is 1. The molecule has 0 radical (unpaired) electrons. The van der Waals surface area contributed by atoms with E-state index in [1.807, 2.05) is 0 Å². The maximum atomic E-state index is 13.1. The average Bonchev–Trinajstić information content (AvgIpc) is 2.54. The Balaban J connectivity index is 1.78. The molecular weight excluding hydrogens is 333 g/mol. The smallest absolute Gasteiger partial charge is 0.375 e. The van der Waals surface area contributed by atoms with Crippen molar-refractivity contribution in [3.8, 4) is 0 Å². The molecule has 1 atom stereocenters. The summed E-state index contributed by atoms with van der Waals surface area (Å²) in [6, 6.07) is 1.00. The van der Waals surface area contributed by atoms with E-state index in [1.165, 1.54) is 6.42 Å². The summed E-state index contributed by atoms with van der Waals surface area (Å²) in [6.45, 7) is 0.622. The minimum absolute atomic E-state index is 0.0327. The fraction of sp³-hybridized carbons (Fsp3) is 0.765. The molecule has 3 rings (SSSR count). The van der Waals surface area contributed by atoms with E-state index < -0.39 is 11.9 Å². The Labute approximate surface area is 146 Å². The summed E-state index contributed by atoms with van der Waals surface area (Å²) in [6.07, 6.45) is 2.63. The first-order valence-corrected chi connectivity index (χ1v) is 8.82. The summed E-state index contributed by atoms with van der Waals surface area (Å²) in [4.78, 5) is 9.49. The number of nitrogens with one attached hydrogen (secondary N) is 1. The van der Waals surface area contributed by atoms with Crippen LogP contribution in [0.4, 0.5) is 24.9 Å². The highest BCUT2D eigenvalue weighted by Crippen LogP contribution is 2.39. The van der Waals surface area contributed by atoms with Gasteiger partial charge in [-0.1, -0.05) is 19.3 Å². The van der Waals surface area contributed by atoms with Gasteiger partial charge in [0.05, 0.1) is 5.60 Å². The van der Waals surface area contributed by atoms with Gasteiger partial charge in [-0.2, -0.15) is 18.2 Å². The molecule has 1 aliphatic heterocycles. The molecule has 1 unspecified atom stereocenters. The maximum absolute atomic E-state index is 13.1. The molecule has 2 fully saturated rings. The van der Waals surface area contributed by atoms with Crippen LogP contribution in [0.5, 0.6) is 0 Å². The summed E-state index contributed by atoms with van der Waals surface area (Å²) in [5, 5.41) is 3.13. The summed E-state index contributed by atoms with van der Waals surface area (Å²) in [5.41, 5.74) is -1.05. The highest BCUT2D eigenvalue weighted by Gasteiger charge is 2.39. The van der Waals surface area contributed by atoms with Gasteiger partial charge < -0.3 is 15.0 Å². The van der Waals surface area contributed by atoms with E-state index >= 15 is 0 Å². The van der Waals surface area contributed by atoms with Gasteiger partial charge in [0, 0.05) is 32.8 Å². The average molecular weight is 358 g/mol. The topological polar surface area (TPSA) is 50.3 Å². The lowest BCUT2D eigenvalue weighted by molar-refractivity contribution is -0.141. The molecule has 0 bridgehead atoms. The minimum Gasteiger partial charge on any atom is -0.375 e. The van der Waals surface area contributed by atoms with Gasteiger partial charge in [-0.15, -0.1) is 0 Å². The van der Waals surface area contributed by atoms with Crippen LogP contribution >= 0.6 is 0 Å². The van der Waals surface area contributed by atoms with Crippen molar-refractivity contribution in [1.82, 2.24) is 9.97 Å². The Morgan fingerprint density at radius 1 is 1.20 bits per heavy atom. The molecule has 1 aromatic rings. The van der Waals surface area contributed by atoms with Crippen LogP contribution in [-0.2, 0) is 10.9 Å². The van der Waals surface area contributed by atoms with E-state index in [0.717, 1.165) is 44.6 Å². The predicted molar refractivity (Wildman–Crippen MR) is 89.8 cm³/mol. The minimum atomic E-state index is -4.50. The van der Waals surface area contributed by atoms with Gasteiger partial charge in [0.1, 0.15) is 5.82 Å². The first kappa shape index (κ1) is 18.2. The fourth-order valence-electron chi connectivity index (χ4n) is 3.75. The third kappa shape index (κ3) is 4.34. The predicted octanol–water partition coefficient (Wildman–Crippen LogP) is 3.86. The molecular formula is C17H25F3N4O. The van der Waals surface area contributed by atoms with Crippen LogP contribution in [0.1, 0.15) is 50.6 Å². The lowest BCUT2D eigenvalue weighted by atomic mass is 9.78. The molecule has 1 saturated carbocycles. The van der Waals surface area contributed by atoms with Crippen molar-refractivity contribution in [3.05, 3.63) is 11.8 Å². The van der Waals surface area contributed by atoms with E-state index in [-0.39, 0.29) is 23.4 Å². The summed E-state index contributed by atoms with van der Waals surface area (Å²) in [5.74, 6) is 0.278. The molecule has 5 nitrogen and oxygen atoms in total. The van der Waals surface area contributed by atoms with Gasteiger partial charge in [0.25, 0.3) is 0 Å². The van der Waals surface area contributed by atoms with E-state index in [1.54, 1.807) is 19.0 Å². The zero-order valence-electron chi connectivity index (χ0n) is 14.7. The number of alkyl halides is 3. The number of anilines is 2. The second-order valence-corrected chi connectivity index (χ2v) is 7.25. The highest BCUT2D eigenvalue weighted by molar-refractivity contribution is 5.44. The number of hydrogen-bond acceptors (Lipinski definition) is 5. The summed E-state index contributed by atoms with van der Waals surface area (Å²) >= 11 is 0. The number of halogens is 3. The van der Waals surface area contributed by atoms with Crippen molar-refractivity contribution in [3.63, 3.8) is 0 Å². The first-order chi connectivity index (χ1) is 11.8. The third-order valence-corrected chi connectivity index (χ3v) is 5.05. The molecule has 1 aliphatic carbocycles. The van der Waals surface area contributed by atoms with Crippen LogP contribution in [0, 0.1) is 0 Å². The van der Waals surface area contributed by atoms with Gasteiger partial charge in [-0.25, -0.2) is 4.98 Å². The van der Waals surface area contributed by atoms with Crippen LogP contribution in [0.15, 0.2) is 6.07 Å². The quantitative estimate of drug-likeness (QED) is 0.889. The second kappa shape index (κ2) is 6.97. The molecule has 1 saturated heterocycles. The van der Waals surface area contributed by atoms with Crippen LogP contribution in [0.25, 0.3) is 0 Å². The lowest BCUT2D eigenvalue weighted by Gasteiger charge is -2.43. The summed E-state index contributed by atoms with van der Waals surface area (Å²) in [7, 11) is 3.33. The Hall–Kier alpha value is -1.57. The molecule has 0 amide bonds. The third-order valence-electron chi connectivity index (χ3n) is 5.05. The highest BCUT2D eigenvalue weighted by atomic mass is 19.4. The fourth-order valence-corrected chi connectivity index (χ4v) is 3.75. The summed E-state index contributed by atoms with van der Waals surface area (Å²) < 4.78 is 45.4. The van der Waals surface area contributed by atoms with Crippen LogP contribution in [0.2, 0.25) is 0 Å². The van der Waals surface area contributed by atoms with Crippen LogP contribution < -0.4 is 10.2 Å². The van der Waals surface area contributed by atoms with Crippen LogP contribution in [-0.4, -0.2) is 42.3 Å². The SMILES string of the molecule is CN(C)c1cc(C(F)(F)F)nc(NC2CCOC3(CCCCC3)C2)n1. The molecule has 8 heteroatoms. The molecule has 1 N–H and O–H groups in total. The Morgan fingerprint density at radius 2 is 1.92 bits per heavy atom. The van der Waals surface area contributed by atoms with Gasteiger partial charge >= 0.3 is 6.18 Å². The van der Waals surface area contributed by atoms with Gasteiger partial charge in [-0.3, -0.25) is 0 Å². The second-order valence-electron chi connectivity index (χ2n) is 7.25. The van der Waals surface area contributed by atoms with Crippen molar-refractivity contribution in [2.24, 2.45) is 0 Å². The van der Waals surface area contributed by atoms with E-state index in [9.17, 15) is 13.2 Å². The van der Waals surface area contributed by atoms with Gasteiger partial charge in [-0.05, 0) is 25.7 Å². The number of ether oxygens (including phenoxy) is 1. The van der Waals surface area contributed by atoms with E-state index in [0.29, 0.717) is 6.61 Å². The molecule has 140 valence electrons. The van der Waals surface area contributed by atoms with E-state index in [2.05, 4.69) is 15.3 Å². The normalized spacial score (nSPS) is 23.5. The number of nitrogens with zero attached hydrogens (tertiary/aromatic N) is 3. The van der Waals surface area contributed by atoms with E-state index in [4.69, 9.17) is 4.74 Å². The Bertz CT molecular complexity index is 595. The van der Waals surface area contributed by atoms with Crippen molar-refractivity contribution in [2.45, 2.75) is 62.8 Å². The Morgan fingerprint density at radius 3 is 2.56 bits per heavy atom. The van der Waals surface area contributed by atoms with Crippen LogP contribution in [0.3, 0.4) is 0 Å². The number of aromatic nitrogens is 2. The maximum Gasteiger partial charge on any atom is 0.433 e. The zero-order chi connectivity index (χ0) is 18.1. The molecule has 1 spiro atoms. The zero-order valence-corrected chi connectivity index (χ0v) is 14.7. The molecule has 1 aromatic heterocycles. The van der Waals surface area contributed by atoms with Crippen molar-refractivity contribution >= 4 is 11.8 Å². The largest absolute Gasteiger partial charge is 0.433 e. The van der Waals surface area contributed by atoms with Gasteiger partial charge in [0.2, 0.25) is 5.95 Å². The molecule has 0 aromatic carbocycles. The van der Waals surface area contributed by atoms with Crippen molar-refractivity contribution in [1.29, 1.82) is 0 Å². The van der Waals surface area contributed by atoms with Crippen molar-refractivity contribution < 1.29 is 17.9 Å². The monoisotopic (exact) mass is 358 g/mol. The molecule has 25 heavy (non-hydrogen) atoms. The molecule has 2 heterocycles. The lowest BCUT2D eigenvalue weighted by Crippen LogP contribution is -2.45. The number of rotatable bonds is 3. The first-order valence-electron chi connectivity index (χ1n) is 8.82. The van der Waals surface area contributed by atoms with Gasteiger partial charge in [0.15, 0.2) is 5.69 Å². The van der Waals surface area contributed by atoms with Crippen molar-refractivity contribution in [2.75, 3.05) is 30.9 Å². The Kier molecular flexibility index (Phi) is 5.09. The molecule has 2 aliphatic rings.